The van der Waals surface area contributed by atoms with Crippen LogP contribution in [0.3, 0.4) is 0 Å². The van der Waals surface area contributed by atoms with Crippen molar-refractivity contribution in [3.05, 3.63) is 94.9 Å². The van der Waals surface area contributed by atoms with E-state index in [1.807, 2.05) is 30.7 Å². The Morgan fingerprint density at radius 3 is 2.63 bits per heavy atom. The molecule has 3 aromatic heterocycles. The Morgan fingerprint density at radius 2 is 1.80 bits per heavy atom. The van der Waals surface area contributed by atoms with E-state index in [0.29, 0.717) is 10.3 Å². The van der Waals surface area contributed by atoms with E-state index >= 15 is 0 Å². The van der Waals surface area contributed by atoms with Crippen molar-refractivity contribution in [2.24, 2.45) is 0 Å². The average molecular weight is 459 g/mol. The van der Waals surface area contributed by atoms with Gasteiger partial charge in [-0.1, -0.05) is 18.2 Å². The van der Waals surface area contributed by atoms with Gasteiger partial charge in [0.2, 0.25) is 5.78 Å². The normalized spacial score (nSPS) is 15.0. The molecular formula is C24H16BrFN4. The number of halogens is 2. The summed E-state index contributed by atoms with van der Waals surface area (Å²) < 4.78 is 16.6. The lowest BCUT2D eigenvalue weighted by Crippen LogP contribution is -2.12. The molecule has 6 rings (SSSR count). The van der Waals surface area contributed by atoms with Crippen molar-refractivity contribution < 1.29 is 4.39 Å². The van der Waals surface area contributed by atoms with Gasteiger partial charge in [-0.3, -0.25) is 9.38 Å². The molecule has 1 fully saturated rings. The molecule has 0 atom stereocenters. The molecule has 0 saturated heterocycles. The van der Waals surface area contributed by atoms with Gasteiger partial charge in [-0.15, -0.1) is 0 Å². The second-order valence-corrected chi connectivity index (χ2v) is 8.63. The van der Waals surface area contributed by atoms with Crippen LogP contribution in [0.15, 0.2) is 77.8 Å². The molecule has 2 aromatic carbocycles. The Kier molecular flexibility index (Phi) is 3.80. The van der Waals surface area contributed by atoms with Crippen LogP contribution in [0.2, 0.25) is 0 Å². The van der Waals surface area contributed by atoms with Crippen LogP contribution in [-0.2, 0) is 5.41 Å². The highest BCUT2D eigenvalue weighted by Gasteiger charge is 2.48. The molecule has 0 amide bonds. The number of aromatic nitrogens is 4. The molecule has 3 heterocycles. The van der Waals surface area contributed by atoms with Crippen LogP contribution in [0.25, 0.3) is 27.8 Å². The number of hydrogen-bond acceptors (Lipinski definition) is 3. The van der Waals surface area contributed by atoms with Gasteiger partial charge in [-0.25, -0.2) is 14.4 Å². The van der Waals surface area contributed by atoms with E-state index in [2.05, 4.69) is 59.5 Å². The van der Waals surface area contributed by atoms with Crippen molar-refractivity contribution in [1.29, 1.82) is 0 Å². The van der Waals surface area contributed by atoms with Crippen LogP contribution in [0.4, 0.5) is 4.39 Å². The van der Waals surface area contributed by atoms with Crippen molar-refractivity contribution >= 4 is 32.6 Å². The Balaban J connectivity index is 1.49. The summed E-state index contributed by atoms with van der Waals surface area (Å²) in [5.74, 6) is 0.363. The molecule has 0 bridgehead atoms. The van der Waals surface area contributed by atoms with Crippen molar-refractivity contribution in [2.45, 2.75) is 18.3 Å². The summed E-state index contributed by atoms with van der Waals surface area (Å²) in [4.78, 5) is 13.5. The van der Waals surface area contributed by atoms with E-state index in [1.165, 1.54) is 11.6 Å². The second-order valence-electron chi connectivity index (χ2n) is 7.78. The fourth-order valence-electron chi connectivity index (χ4n) is 4.24. The third kappa shape index (κ3) is 2.67. The molecule has 0 spiro atoms. The minimum atomic E-state index is -0.290. The number of fused-ring (bicyclic) bond motifs is 2. The number of imidazole rings is 1. The predicted molar refractivity (Wildman–Crippen MR) is 118 cm³/mol. The standard InChI is InChI=1S/C24H16BrFN4/c25-19-5-3-15(11-20(19)26)17-12-28-23-29-13-22(30(23)14-17)24(7-8-24)18-4-6-21-16(10-18)2-1-9-27-21/h1-6,9-14H,7-8H2. The number of rotatable bonds is 3. The largest absolute Gasteiger partial charge is 0.287 e. The Hall–Kier alpha value is -3.12. The van der Waals surface area contributed by atoms with Crippen LogP contribution < -0.4 is 0 Å². The molecule has 0 radical (unpaired) electrons. The third-order valence-corrected chi connectivity index (χ3v) is 6.66. The predicted octanol–water partition coefficient (Wildman–Crippen LogP) is 5.93. The van der Waals surface area contributed by atoms with Gasteiger partial charge >= 0.3 is 0 Å². The zero-order valence-corrected chi connectivity index (χ0v) is 17.5. The van der Waals surface area contributed by atoms with Gasteiger partial charge in [0.1, 0.15) is 5.82 Å². The summed E-state index contributed by atoms with van der Waals surface area (Å²) in [6.45, 7) is 0. The van der Waals surface area contributed by atoms with Gasteiger partial charge in [-0.05, 0) is 70.2 Å². The first-order chi connectivity index (χ1) is 14.6. The number of nitrogens with zero attached hydrogens (tertiary/aromatic N) is 4. The van der Waals surface area contributed by atoms with Crippen LogP contribution in [0.1, 0.15) is 24.1 Å². The average Bonchev–Trinajstić information content (AvgIpc) is 3.47. The van der Waals surface area contributed by atoms with E-state index in [4.69, 9.17) is 0 Å². The molecule has 0 aliphatic heterocycles. The number of hydrogen-bond donors (Lipinski definition) is 0. The van der Waals surface area contributed by atoms with Gasteiger partial charge in [0.05, 0.1) is 21.9 Å². The van der Waals surface area contributed by atoms with E-state index in [9.17, 15) is 4.39 Å². The van der Waals surface area contributed by atoms with Crippen LogP contribution in [0, 0.1) is 5.82 Å². The summed E-state index contributed by atoms with van der Waals surface area (Å²) in [5.41, 5.74) is 4.95. The molecular weight excluding hydrogens is 443 g/mol. The minimum absolute atomic E-state index is 0.0747. The zero-order chi connectivity index (χ0) is 20.3. The number of benzene rings is 2. The molecule has 0 N–H and O–H groups in total. The highest BCUT2D eigenvalue weighted by molar-refractivity contribution is 9.10. The van der Waals surface area contributed by atoms with Crippen molar-refractivity contribution in [1.82, 2.24) is 19.4 Å². The van der Waals surface area contributed by atoms with Crippen LogP contribution in [-0.4, -0.2) is 19.4 Å². The first kappa shape index (κ1) is 17.7. The SMILES string of the molecule is Fc1cc(-c2cnc3ncc(C4(c5ccc6ncccc6c5)CC4)n3c2)ccc1Br. The monoisotopic (exact) mass is 458 g/mol. The van der Waals surface area contributed by atoms with Gasteiger partial charge in [0.15, 0.2) is 0 Å². The Labute approximate surface area is 180 Å². The fraction of sp³-hybridized carbons (Fsp3) is 0.125. The highest BCUT2D eigenvalue weighted by Crippen LogP contribution is 2.53. The fourth-order valence-corrected chi connectivity index (χ4v) is 4.49. The van der Waals surface area contributed by atoms with Crippen molar-refractivity contribution in [3.8, 4) is 11.1 Å². The van der Waals surface area contributed by atoms with Gasteiger partial charge in [0, 0.05) is 35.0 Å². The molecule has 146 valence electrons. The molecule has 30 heavy (non-hydrogen) atoms. The smallest absolute Gasteiger partial charge is 0.233 e. The lowest BCUT2D eigenvalue weighted by Gasteiger charge is -2.16. The topological polar surface area (TPSA) is 43.1 Å². The second kappa shape index (κ2) is 6.44. The van der Waals surface area contributed by atoms with Gasteiger partial charge < -0.3 is 0 Å². The quantitative estimate of drug-likeness (QED) is 0.336. The maximum absolute atomic E-state index is 14.1. The summed E-state index contributed by atoms with van der Waals surface area (Å²) in [6, 6.07) is 15.7. The lowest BCUT2D eigenvalue weighted by atomic mass is 9.91. The zero-order valence-electron chi connectivity index (χ0n) is 15.9. The van der Waals surface area contributed by atoms with E-state index < -0.39 is 0 Å². The minimum Gasteiger partial charge on any atom is -0.287 e. The van der Waals surface area contributed by atoms with Gasteiger partial charge in [0.25, 0.3) is 0 Å². The maximum atomic E-state index is 14.1. The van der Waals surface area contributed by atoms with Crippen molar-refractivity contribution in [3.63, 3.8) is 0 Å². The van der Waals surface area contributed by atoms with Crippen molar-refractivity contribution in [2.75, 3.05) is 0 Å². The molecule has 5 aromatic rings. The first-order valence-electron chi connectivity index (χ1n) is 9.78. The molecule has 1 saturated carbocycles. The molecule has 0 unspecified atom stereocenters. The molecule has 1 aliphatic carbocycles. The Morgan fingerprint density at radius 1 is 0.933 bits per heavy atom. The molecule has 6 heteroatoms. The lowest BCUT2D eigenvalue weighted by molar-refractivity contribution is 0.621. The number of pyridine rings is 1. The Bertz CT molecular complexity index is 1440. The van der Waals surface area contributed by atoms with Crippen LogP contribution in [0.5, 0.6) is 0 Å². The molecule has 4 nitrogen and oxygen atoms in total. The third-order valence-electron chi connectivity index (χ3n) is 6.01. The first-order valence-corrected chi connectivity index (χ1v) is 10.6. The summed E-state index contributed by atoms with van der Waals surface area (Å²) >= 11 is 3.21. The van der Waals surface area contributed by atoms with Crippen LogP contribution >= 0.6 is 15.9 Å². The summed E-state index contributed by atoms with van der Waals surface area (Å²) in [6.07, 6.45) is 9.62. The maximum Gasteiger partial charge on any atom is 0.233 e. The summed E-state index contributed by atoms with van der Waals surface area (Å²) in [5, 5.41) is 1.14. The molecule has 1 aliphatic rings. The summed E-state index contributed by atoms with van der Waals surface area (Å²) in [7, 11) is 0. The van der Waals surface area contributed by atoms with E-state index in [-0.39, 0.29) is 11.2 Å². The van der Waals surface area contributed by atoms with E-state index in [0.717, 1.165) is 40.6 Å². The van der Waals surface area contributed by atoms with E-state index in [1.54, 1.807) is 12.3 Å². The van der Waals surface area contributed by atoms with Gasteiger partial charge in [-0.2, -0.15) is 0 Å². The highest BCUT2D eigenvalue weighted by atomic mass is 79.9.